The minimum Gasteiger partial charge on any atom is -0.365 e. The molecule has 1 aliphatic carbocycles. The molecule has 0 radical (unpaired) electrons. The fourth-order valence-corrected chi connectivity index (χ4v) is 3.62. The highest BCUT2D eigenvalue weighted by Gasteiger charge is 2.28. The summed E-state index contributed by atoms with van der Waals surface area (Å²) in [5, 5.41) is 2.99. The number of nitrogens with one attached hydrogen (secondary N) is 1. The molecule has 0 aliphatic heterocycles. The minimum atomic E-state index is -2.97. The average molecular weight is 307 g/mol. The minimum absolute atomic E-state index is 0.0566. The summed E-state index contributed by atoms with van der Waals surface area (Å²) < 4.78 is 36.4. The van der Waals surface area contributed by atoms with Gasteiger partial charge >= 0.3 is 0 Å². The third-order valence-corrected chi connectivity index (χ3v) is 5.32. The summed E-state index contributed by atoms with van der Waals surface area (Å²) in [6.45, 7) is 0. The molecule has 19 heavy (non-hydrogen) atoms. The second kappa shape index (κ2) is 5.63. The van der Waals surface area contributed by atoms with Crippen molar-refractivity contribution < 1.29 is 12.8 Å². The van der Waals surface area contributed by atoms with Gasteiger partial charge in [0.05, 0.1) is 10.3 Å². The highest BCUT2D eigenvalue weighted by molar-refractivity contribution is 7.91. The molecule has 0 saturated heterocycles. The van der Waals surface area contributed by atoms with Gasteiger partial charge in [0.15, 0.2) is 11.6 Å². The Morgan fingerprint density at radius 2 is 2.00 bits per heavy atom. The zero-order chi connectivity index (χ0) is 14.0. The van der Waals surface area contributed by atoms with E-state index in [1.54, 1.807) is 0 Å². The molecule has 1 saturated carbocycles. The van der Waals surface area contributed by atoms with Gasteiger partial charge in [-0.25, -0.2) is 17.8 Å². The van der Waals surface area contributed by atoms with Gasteiger partial charge in [-0.15, -0.1) is 0 Å². The van der Waals surface area contributed by atoms with Gasteiger partial charge in [0, 0.05) is 18.5 Å². The van der Waals surface area contributed by atoms with Crippen LogP contribution in [0.25, 0.3) is 0 Å². The monoisotopic (exact) mass is 306 g/mol. The molecule has 0 atom stereocenters. The molecule has 4 nitrogen and oxygen atoms in total. The van der Waals surface area contributed by atoms with Crippen molar-refractivity contribution in [2.45, 2.75) is 37.0 Å². The maximum Gasteiger partial charge on any atom is 0.166 e. The van der Waals surface area contributed by atoms with E-state index in [0.29, 0.717) is 25.7 Å². The molecule has 0 spiro atoms. The van der Waals surface area contributed by atoms with Crippen LogP contribution in [-0.4, -0.2) is 30.9 Å². The zero-order valence-electron chi connectivity index (χ0n) is 10.6. The van der Waals surface area contributed by atoms with Crippen LogP contribution in [-0.2, 0) is 9.84 Å². The Morgan fingerprint density at radius 1 is 1.37 bits per heavy atom. The standard InChI is InChI=1S/C12H16ClFN2O2S/c1-19(17,18)10-4-2-9(3-5-10)16-12-11(14)6-8(13)7-15-12/h6-7,9-10H,2-5H2,1H3,(H,15,16). The van der Waals surface area contributed by atoms with Gasteiger partial charge in [0.25, 0.3) is 0 Å². The van der Waals surface area contributed by atoms with Crippen molar-refractivity contribution in [2.75, 3.05) is 11.6 Å². The molecule has 0 unspecified atom stereocenters. The Balaban J connectivity index is 1.96. The first-order valence-corrected chi connectivity index (χ1v) is 8.46. The van der Waals surface area contributed by atoms with Crippen LogP contribution in [0.1, 0.15) is 25.7 Å². The molecule has 1 N–H and O–H groups in total. The van der Waals surface area contributed by atoms with Crippen molar-refractivity contribution in [3.05, 3.63) is 23.1 Å². The van der Waals surface area contributed by atoms with Crippen LogP contribution in [0.2, 0.25) is 5.02 Å². The summed E-state index contributed by atoms with van der Waals surface area (Å²) in [5.41, 5.74) is 0. The number of aromatic nitrogens is 1. The highest BCUT2D eigenvalue weighted by atomic mass is 35.5. The lowest BCUT2D eigenvalue weighted by Gasteiger charge is -2.28. The van der Waals surface area contributed by atoms with E-state index in [9.17, 15) is 12.8 Å². The highest BCUT2D eigenvalue weighted by Crippen LogP contribution is 2.26. The molecule has 106 valence electrons. The van der Waals surface area contributed by atoms with E-state index in [1.807, 2.05) is 0 Å². The Kier molecular flexibility index (Phi) is 4.30. The van der Waals surface area contributed by atoms with Crippen LogP contribution in [0.4, 0.5) is 10.2 Å². The number of halogens is 2. The van der Waals surface area contributed by atoms with Crippen LogP contribution < -0.4 is 5.32 Å². The van der Waals surface area contributed by atoms with E-state index in [2.05, 4.69) is 10.3 Å². The number of sulfone groups is 1. The average Bonchev–Trinajstić information content (AvgIpc) is 2.32. The number of rotatable bonds is 3. The summed E-state index contributed by atoms with van der Waals surface area (Å²) in [6.07, 6.45) is 5.25. The maximum atomic E-state index is 13.6. The maximum absolute atomic E-state index is 13.6. The molecule has 1 fully saturated rings. The topological polar surface area (TPSA) is 59.1 Å². The van der Waals surface area contributed by atoms with Crippen LogP contribution in [0.15, 0.2) is 12.3 Å². The van der Waals surface area contributed by atoms with Crippen molar-refractivity contribution >= 4 is 27.3 Å². The molecule has 1 heterocycles. The van der Waals surface area contributed by atoms with Crippen molar-refractivity contribution in [1.29, 1.82) is 0 Å². The smallest absolute Gasteiger partial charge is 0.166 e. The lowest BCUT2D eigenvalue weighted by Crippen LogP contribution is -2.32. The van der Waals surface area contributed by atoms with Crippen LogP contribution in [0, 0.1) is 5.82 Å². The first-order valence-electron chi connectivity index (χ1n) is 6.12. The fourth-order valence-electron chi connectivity index (χ4n) is 2.35. The normalized spacial score (nSPS) is 24.2. The van der Waals surface area contributed by atoms with Gasteiger partial charge < -0.3 is 5.32 Å². The van der Waals surface area contributed by atoms with Crippen molar-refractivity contribution in [3.63, 3.8) is 0 Å². The first kappa shape index (κ1) is 14.5. The van der Waals surface area contributed by atoms with E-state index in [4.69, 9.17) is 11.6 Å². The molecule has 1 aliphatic rings. The Hall–Kier alpha value is -0.880. The lowest BCUT2D eigenvalue weighted by molar-refractivity contribution is 0.450. The summed E-state index contributed by atoms with van der Waals surface area (Å²) in [7, 11) is -2.97. The van der Waals surface area contributed by atoms with Gasteiger partial charge in [-0.3, -0.25) is 0 Å². The van der Waals surface area contributed by atoms with E-state index < -0.39 is 15.7 Å². The number of hydrogen-bond acceptors (Lipinski definition) is 4. The molecule has 1 aromatic rings. The van der Waals surface area contributed by atoms with Crippen LogP contribution >= 0.6 is 11.6 Å². The summed E-state index contributed by atoms with van der Waals surface area (Å²) in [6, 6.07) is 1.26. The van der Waals surface area contributed by atoms with Gasteiger partial charge in [0.2, 0.25) is 0 Å². The van der Waals surface area contributed by atoms with Crippen molar-refractivity contribution in [1.82, 2.24) is 4.98 Å². The zero-order valence-corrected chi connectivity index (χ0v) is 12.1. The van der Waals surface area contributed by atoms with E-state index in [-0.39, 0.29) is 22.1 Å². The molecule has 0 aromatic carbocycles. The van der Waals surface area contributed by atoms with Gasteiger partial charge in [-0.05, 0) is 31.7 Å². The van der Waals surface area contributed by atoms with E-state index in [0.717, 1.165) is 0 Å². The van der Waals surface area contributed by atoms with Crippen molar-refractivity contribution in [2.24, 2.45) is 0 Å². The second-order valence-corrected chi connectivity index (χ2v) is 7.69. The molecule has 1 aromatic heterocycles. The van der Waals surface area contributed by atoms with Gasteiger partial charge in [-0.2, -0.15) is 0 Å². The molecular weight excluding hydrogens is 291 g/mol. The Labute approximate surface area is 117 Å². The predicted molar refractivity (Wildman–Crippen MR) is 73.7 cm³/mol. The first-order chi connectivity index (χ1) is 8.86. The SMILES string of the molecule is CS(=O)(=O)C1CCC(Nc2ncc(Cl)cc2F)CC1. The molecule has 0 amide bonds. The largest absolute Gasteiger partial charge is 0.365 e. The molecule has 2 rings (SSSR count). The van der Waals surface area contributed by atoms with E-state index in [1.165, 1.54) is 18.5 Å². The van der Waals surface area contributed by atoms with Crippen molar-refractivity contribution in [3.8, 4) is 0 Å². The number of anilines is 1. The number of hydrogen-bond donors (Lipinski definition) is 1. The van der Waals surface area contributed by atoms with Gasteiger partial charge in [-0.1, -0.05) is 11.6 Å². The number of nitrogens with zero attached hydrogens (tertiary/aromatic N) is 1. The third kappa shape index (κ3) is 3.79. The summed E-state index contributed by atoms with van der Waals surface area (Å²) >= 11 is 5.63. The second-order valence-electron chi connectivity index (χ2n) is 4.93. The summed E-state index contributed by atoms with van der Waals surface area (Å²) in [5.74, 6) is -0.315. The van der Waals surface area contributed by atoms with E-state index >= 15 is 0 Å². The molecular formula is C12H16ClFN2O2S. The molecule has 0 bridgehead atoms. The van der Waals surface area contributed by atoms with Gasteiger partial charge in [0.1, 0.15) is 9.84 Å². The fraction of sp³-hybridized carbons (Fsp3) is 0.583. The predicted octanol–water partition coefficient (Wildman–Crippen LogP) is 2.64. The quantitative estimate of drug-likeness (QED) is 0.932. The Bertz CT molecular complexity index is 557. The third-order valence-electron chi connectivity index (χ3n) is 3.43. The van der Waals surface area contributed by atoms with Crippen LogP contribution in [0.5, 0.6) is 0 Å². The molecule has 7 heteroatoms. The lowest BCUT2D eigenvalue weighted by atomic mass is 9.95. The number of pyridine rings is 1. The van der Waals surface area contributed by atoms with Crippen LogP contribution in [0.3, 0.4) is 0 Å². The summed E-state index contributed by atoms with van der Waals surface area (Å²) in [4.78, 5) is 3.90. The Morgan fingerprint density at radius 3 is 2.53 bits per heavy atom.